The first-order valence-electron chi connectivity index (χ1n) is 9.84. The van der Waals surface area contributed by atoms with Crippen molar-refractivity contribution in [2.75, 3.05) is 38.6 Å². The lowest BCUT2D eigenvalue weighted by Gasteiger charge is -2.35. The smallest absolute Gasteiger partial charge is 0.341 e. The maximum atomic E-state index is 12.8. The minimum absolute atomic E-state index is 0.0538. The zero-order valence-electron chi connectivity index (χ0n) is 17.7. The number of hydrogen-bond donors (Lipinski definition) is 1. The van der Waals surface area contributed by atoms with Crippen molar-refractivity contribution >= 4 is 34.2 Å². The fourth-order valence-corrected chi connectivity index (χ4v) is 4.74. The number of esters is 1. The first-order valence-corrected chi connectivity index (χ1v) is 10.7. The number of nitrogens with one attached hydrogen (secondary N) is 1. The monoisotopic (exact) mass is 423 g/mol. The van der Waals surface area contributed by atoms with Crippen LogP contribution in [-0.4, -0.2) is 66.6 Å². The van der Waals surface area contributed by atoms with Crippen LogP contribution in [0, 0.1) is 5.92 Å². The Balaban J connectivity index is 1.74. The van der Waals surface area contributed by atoms with Gasteiger partial charge in [-0.3, -0.25) is 10.1 Å². The molecule has 3 heterocycles. The summed E-state index contributed by atoms with van der Waals surface area (Å²) in [7, 11) is 1.34. The third-order valence-corrected chi connectivity index (χ3v) is 6.39. The highest BCUT2D eigenvalue weighted by atomic mass is 32.1. The summed E-state index contributed by atoms with van der Waals surface area (Å²) in [5.74, 6) is -0.406. The number of nitrogens with zero attached hydrogens (tertiary/aromatic N) is 2. The summed E-state index contributed by atoms with van der Waals surface area (Å²) in [6.45, 7) is 10.0. The topological polar surface area (TPSA) is 88.2 Å². The molecule has 3 amide bonds. The highest BCUT2D eigenvalue weighted by Crippen LogP contribution is 2.40. The number of piperazine rings is 1. The van der Waals surface area contributed by atoms with Gasteiger partial charge < -0.3 is 19.3 Å². The molecule has 3 rings (SSSR count). The Morgan fingerprint density at radius 1 is 1.14 bits per heavy atom. The average Bonchev–Trinajstić information content (AvgIpc) is 3.02. The predicted molar refractivity (Wildman–Crippen MR) is 110 cm³/mol. The van der Waals surface area contributed by atoms with Crippen LogP contribution in [0.1, 0.15) is 48.5 Å². The summed E-state index contributed by atoms with van der Waals surface area (Å²) in [6.07, 6.45) is 0.578. The van der Waals surface area contributed by atoms with Crippen molar-refractivity contribution < 1.29 is 23.9 Å². The van der Waals surface area contributed by atoms with Gasteiger partial charge in [0.2, 0.25) is 5.91 Å². The van der Waals surface area contributed by atoms with E-state index in [-0.39, 0.29) is 23.5 Å². The number of fused-ring (bicyclic) bond motifs is 1. The molecule has 29 heavy (non-hydrogen) atoms. The van der Waals surface area contributed by atoms with E-state index in [9.17, 15) is 14.4 Å². The minimum Gasteiger partial charge on any atom is -0.465 e. The molecule has 1 aromatic rings. The molecule has 2 aliphatic rings. The van der Waals surface area contributed by atoms with Crippen molar-refractivity contribution in [1.82, 2.24) is 9.80 Å². The largest absolute Gasteiger partial charge is 0.465 e. The molecule has 160 valence electrons. The summed E-state index contributed by atoms with van der Waals surface area (Å²) in [5, 5.41) is 3.39. The minimum atomic E-state index is -0.456. The van der Waals surface area contributed by atoms with Gasteiger partial charge in [-0.15, -0.1) is 11.3 Å². The van der Waals surface area contributed by atoms with E-state index in [0.29, 0.717) is 49.8 Å². The van der Waals surface area contributed by atoms with E-state index in [2.05, 4.69) is 5.32 Å². The molecule has 0 unspecified atom stereocenters. The molecule has 0 radical (unpaired) electrons. The van der Waals surface area contributed by atoms with Gasteiger partial charge in [0.05, 0.1) is 24.9 Å². The van der Waals surface area contributed by atoms with Crippen LogP contribution in [0.25, 0.3) is 0 Å². The molecule has 0 saturated carbocycles. The van der Waals surface area contributed by atoms with Crippen LogP contribution in [0.4, 0.5) is 9.80 Å². The Morgan fingerprint density at radius 3 is 2.34 bits per heavy atom. The first-order chi connectivity index (χ1) is 13.6. The van der Waals surface area contributed by atoms with Gasteiger partial charge in [-0.2, -0.15) is 0 Å². The molecule has 0 bridgehead atoms. The summed E-state index contributed by atoms with van der Waals surface area (Å²) < 4.78 is 10.8. The number of rotatable bonds is 3. The van der Waals surface area contributed by atoms with Crippen molar-refractivity contribution in [3.8, 4) is 0 Å². The fourth-order valence-electron chi connectivity index (χ4n) is 3.63. The normalized spacial score (nSPS) is 18.4. The number of anilines is 1. The summed E-state index contributed by atoms with van der Waals surface area (Å²) in [4.78, 5) is 41.8. The van der Waals surface area contributed by atoms with Gasteiger partial charge in [0.15, 0.2) is 0 Å². The third kappa shape index (κ3) is 4.56. The van der Waals surface area contributed by atoms with Crippen LogP contribution in [0.5, 0.6) is 0 Å². The lowest BCUT2D eigenvalue weighted by molar-refractivity contribution is -0.135. The molecular formula is C20H29N3O5S. The molecule has 0 aromatic carbocycles. The molecule has 2 aliphatic heterocycles. The van der Waals surface area contributed by atoms with Crippen molar-refractivity contribution in [1.29, 1.82) is 0 Å². The van der Waals surface area contributed by atoms with Crippen LogP contribution in [0.2, 0.25) is 0 Å². The molecule has 9 heteroatoms. The fraction of sp³-hybridized carbons (Fsp3) is 0.650. The maximum Gasteiger partial charge on any atom is 0.341 e. The Bertz CT molecular complexity index is 809. The predicted octanol–water partition coefficient (Wildman–Crippen LogP) is 2.72. The second kappa shape index (κ2) is 8.31. The van der Waals surface area contributed by atoms with Gasteiger partial charge in [-0.1, -0.05) is 13.8 Å². The van der Waals surface area contributed by atoms with E-state index in [0.717, 1.165) is 10.4 Å². The number of urea groups is 1. The van der Waals surface area contributed by atoms with Crippen molar-refractivity contribution in [3.05, 3.63) is 16.0 Å². The Kier molecular flexibility index (Phi) is 6.19. The van der Waals surface area contributed by atoms with Crippen LogP contribution in [0.15, 0.2) is 0 Å². The molecular weight excluding hydrogens is 394 g/mol. The summed E-state index contributed by atoms with van der Waals surface area (Å²) in [5.41, 5.74) is 0.934. The number of thiophene rings is 1. The molecule has 8 nitrogen and oxygen atoms in total. The molecule has 1 aromatic heterocycles. The number of ether oxygens (including phenoxy) is 2. The zero-order chi connectivity index (χ0) is 21.3. The highest BCUT2D eigenvalue weighted by molar-refractivity contribution is 7.17. The van der Waals surface area contributed by atoms with Crippen LogP contribution < -0.4 is 5.32 Å². The van der Waals surface area contributed by atoms with E-state index in [4.69, 9.17) is 9.47 Å². The standard InChI is InChI=1S/C20H29N3O5S/c1-12(2)17(24)22-6-8-23(9-7-22)19(26)21-16-15(18(25)27-5)13-10-20(3,4)28-11-14(13)29-16/h12H,6-11H2,1-5H3,(H,21,26). The zero-order valence-corrected chi connectivity index (χ0v) is 18.5. The average molecular weight is 424 g/mol. The quantitative estimate of drug-likeness (QED) is 0.756. The number of carbonyl (C=O) groups is 3. The van der Waals surface area contributed by atoms with Crippen molar-refractivity contribution in [3.63, 3.8) is 0 Å². The molecule has 1 fully saturated rings. The lowest BCUT2D eigenvalue weighted by atomic mass is 9.93. The van der Waals surface area contributed by atoms with Gasteiger partial charge in [-0.05, 0) is 19.4 Å². The molecule has 0 aliphatic carbocycles. The van der Waals surface area contributed by atoms with Crippen LogP contribution >= 0.6 is 11.3 Å². The third-order valence-electron chi connectivity index (χ3n) is 5.27. The van der Waals surface area contributed by atoms with Crippen LogP contribution in [-0.2, 0) is 27.3 Å². The molecule has 1 saturated heterocycles. The van der Waals surface area contributed by atoms with Gasteiger partial charge in [0.1, 0.15) is 5.00 Å². The molecule has 1 N–H and O–H groups in total. The lowest BCUT2D eigenvalue weighted by Crippen LogP contribution is -2.52. The second-order valence-electron chi connectivity index (χ2n) is 8.32. The van der Waals surface area contributed by atoms with E-state index >= 15 is 0 Å². The highest BCUT2D eigenvalue weighted by Gasteiger charge is 2.35. The van der Waals surface area contributed by atoms with E-state index in [1.54, 1.807) is 9.80 Å². The van der Waals surface area contributed by atoms with E-state index < -0.39 is 5.97 Å². The van der Waals surface area contributed by atoms with E-state index in [1.807, 2.05) is 27.7 Å². The van der Waals surface area contributed by atoms with E-state index in [1.165, 1.54) is 18.4 Å². The Morgan fingerprint density at radius 2 is 1.76 bits per heavy atom. The Hall–Kier alpha value is -2.13. The van der Waals surface area contributed by atoms with Gasteiger partial charge in [0, 0.05) is 43.4 Å². The summed E-state index contributed by atoms with van der Waals surface area (Å²) >= 11 is 1.36. The SMILES string of the molecule is COC(=O)c1c(NC(=O)N2CCN(C(=O)C(C)C)CC2)sc2c1CC(C)(C)OC2. The number of amides is 3. The first kappa shape index (κ1) is 21.6. The van der Waals surface area contributed by atoms with Crippen molar-refractivity contribution in [2.45, 2.75) is 46.3 Å². The molecule has 0 atom stereocenters. The number of carbonyl (C=O) groups excluding carboxylic acids is 3. The summed E-state index contributed by atoms with van der Waals surface area (Å²) in [6, 6.07) is -0.273. The Labute approximate surface area is 175 Å². The van der Waals surface area contributed by atoms with Gasteiger partial charge >= 0.3 is 12.0 Å². The van der Waals surface area contributed by atoms with Crippen LogP contribution in [0.3, 0.4) is 0 Å². The maximum absolute atomic E-state index is 12.8. The number of hydrogen-bond acceptors (Lipinski definition) is 6. The molecule has 0 spiro atoms. The number of methoxy groups -OCH3 is 1. The van der Waals surface area contributed by atoms with Gasteiger partial charge in [0.25, 0.3) is 0 Å². The second-order valence-corrected chi connectivity index (χ2v) is 9.43. The van der Waals surface area contributed by atoms with Gasteiger partial charge in [-0.25, -0.2) is 9.59 Å². The van der Waals surface area contributed by atoms with Crippen molar-refractivity contribution in [2.24, 2.45) is 5.92 Å².